The summed E-state index contributed by atoms with van der Waals surface area (Å²) in [5, 5.41) is 16.9. The van der Waals surface area contributed by atoms with Crippen LogP contribution in [0.3, 0.4) is 0 Å². The second-order valence-electron chi connectivity index (χ2n) is 4.15. The Balaban J connectivity index is 2.49. The molecule has 2 aromatic heterocycles. The van der Waals surface area contributed by atoms with Crippen LogP contribution in [-0.2, 0) is 11.8 Å². The van der Waals surface area contributed by atoms with Gasteiger partial charge in [0, 0.05) is 7.05 Å². The number of H-pyrrole nitrogens is 2. The zero-order valence-electron chi connectivity index (χ0n) is 11.5. The molecule has 0 unspecified atom stereocenters. The molecular weight excluding hydrogens is 264 g/mol. The zero-order valence-corrected chi connectivity index (χ0v) is 11.5. The molecule has 0 spiro atoms. The molecule has 0 aromatic carbocycles. The number of aryl methyl sites for hydroxylation is 3. The summed E-state index contributed by atoms with van der Waals surface area (Å²) in [6, 6.07) is 0. The van der Waals surface area contributed by atoms with Crippen molar-refractivity contribution in [2.24, 2.45) is 17.3 Å². The molecule has 0 aliphatic rings. The van der Waals surface area contributed by atoms with Crippen molar-refractivity contribution < 1.29 is 9.53 Å². The number of rotatable bonds is 3. The van der Waals surface area contributed by atoms with Crippen LogP contribution in [0.4, 0.5) is 11.5 Å². The van der Waals surface area contributed by atoms with Crippen molar-refractivity contribution in [2.45, 2.75) is 13.8 Å². The van der Waals surface area contributed by atoms with Gasteiger partial charge in [0.2, 0.25) is 0 Å². The summed E-state index contributed by atoms with van der Waals surface area (Å²) in [6.07, 6.45) is 0. The molecule has 0 aliphatic carbocycles. The van der Waals surface area contributed by atoms with E-state index in [4.69, 9.17) is 0 Å². The SMILES string of the molecule is COC(=O)c1c(C)nn(C)c1N=Nc1c(C)[nH][nH]c1=O. The fourth-order valence-corrected chi connectivity index (χ4v) is 1.76. The first-order chi connectivity index (χ1) is 9.45. The first-order valence-electron chi connectivity index (χ1n) is 5.76. The van der Waals surface area contributed by atoms with Gasteiger partial charge in [0.05, 0.1) is 18.5 Å². The number of hydrogen-bond donors (Lipinski definition) is 2. The Morgan fingerprint density at radius 2 is 2.00 bits per heavy atom. The molecule has 0 radical (unpaired) electrons. The van der Waals surface area contributed by atoms with Crippen LogP contribution in [0.2, 0.25) is 0 Å². The van der Waals surface area contributed by atoms with Crippen molar-refractivity contribution in [3.8, 4) is 0 Å². The topological polar surface area (TPSA) is 117 Å². The van der Waals surface area contributed by atoms with Crippen LogP contribution in [0.25, 0.3) is 0 Å². The highest BCUT2D eigenvalue weighted by molar-refractivity contribution is 5.95. The largest absolute Gasteiger partial charge is 0.465 e. The highest BCUT2D eigenvalue weighted by Crippen LogP contribution is 2.24. The molecule has 106 valence electrons. The molecule has 2 rings (SSSR count). The van der Waals surface area contributed by atoms with Crippen molar-refractivity contribution in [1.29, 1.82) is 0 Å². The molecule has 0 atom stereocenters. The minimum Gasteiger partial charge on any atom is -0.465 e. The van der Waals surface area contributed by atoms with Crippen molar-refractivity contribution >= 4 is 17.5 Å². The predicted molar refractivity (Wildman–Crippen MR) is 69.6 cm³/mol. The van der Waals surface area contributed by atoms with Crippen molar-refractivity contribution in [2.75, 3.05) is 7.11 Å². The Labute approximate surface area is 113 Å². The van der Waals surface area contributed by atoms with Crippen molar-refractivity contribution in [1.82, 2.24) is 20.0 Å². The fraction of sp³-hybridized carbons (Fsp3) is 0.364. The van der Waals surface area contributed by atoms with E-state index in [-0.39, 0.29) is 22.6 Å². The highest BCUT2D eigenvalue weighted by atomic mass is 16.5. The van der Waals surface area contributed by atoms with E-state index in [0.717, 1.165) is 0 Å². The number of aromatic nitrogens is 4. The molecule has 9 heteroatoms. The smallest absolute Gasteiger partial charge is 0.343 e. The van der Waals surface area contributed by atoms with Crippen LogP contribution in [0.1, 0.15) is 21.7 Å². The molecular formula is C11H14N6O3. The highest BCUT2D eigenvalue weighted by Gasteiger charge is 2.21. The lowest BCUT2D eigenvalue weighted by Gasteiger charge is -1.98. The number of hydrogen-bond acceptors (Lipinski definition) is 6. The van der Waals surface area contributed by atoms with Gasteiger partial charge in [-0.1, -0.05) is 0 Å². The summed E-state index contributed by atoms with van der Waals surface area (Å²) < 4.78 is 6.09. The number of nitrogens with zero attached hydrogens (tertiary/aromatic N) is 4. The summed E-state index contributed by atoms with van der Waals surface area (Å²) >= 11 is 0. The average molecular weight is 278 g/mol. The van der Waals surface area contributed by atoms with Gasteiger partial charge in [-0.3, -0.25) is 9.89 Å². The summed E-state index contributed by atoms with van der Waals surface area (Å²) in [4.78, 5) is 23.2. The fourth-order valence-electron chi connectivity index (χ4n) is 1.76. The van der Waals surface area contributed by atoms with Crippen LogP contribution in [-0.4, -0.2) is 33.1 Å². The lowest BCUT2D eigenvalue weighted by molar-refractivity contribution is 0.0601. The van der Waals surface area contributed by atoms with Gasteiger partial charge in [-0.15, -0.1) is 10.2 Å². The Morgan fingerprint density at radius 3 is 2.55 bits per heavy atom. The van der Waals surface area contributed by atoms with Crippen LogP contribution in [0.15, 0.2) is 15.0 Å². The maximum absolute atomic E-state index is 11.7. The predicted octanol–water partition coefficient (Wildman–Crippen LogP) is 1.26. The van der Waals surface area contributed by atoms with E-state index >= 15 is 0 Å². The summed E-state index contributed by atoms with van der Waals surface area (Å²) in [5.74, 6) is -0.321. The number of azo groups is 1. The number of ether oxygens (including phenoxy) is 1. The van der Waals surface area contributed by atoms with Crippen LogP contribution in [0, 0.1) is 13.8 Å². The Kier molecular flexibility index (Phi) is 3.51. The van der Waals surface area contributed by atoms with Gasteiger partial charge >= 0.3 is 5.97 Å². The number of carbonyl (C=O) groups is 1. The Bertz CT molecular complexity index is 736. The zero-order chi connectivity index (χ0) is 14.9. The number of carbonyl (C=O) groups excluding carboxylic acids is 1. The van der Waals surface area contributed by atoms with E-state index in [1.807, 2.05) is 0 Å². The second kappa shape index (κ2) is 5.11. The standard InChI is InChI=1S/C11H14N6O3/c1-5-7(11(19)20-4)9(17(3)16-5)14-13-8-6(2)12-15-10(8)18/h1-4H3,(H2,12,15,18). The third kappa shape index (κ3) is 2.25. The van der Waals surface area contributed by atoms with E-state index in [9.17, 15) is 9.59 Å². The molecule has 0 saturated heterocycles. The Hall–Kier alpha value is -2.71. The van der Waals surface area contributed by atoms with Crippen molar-refractivity contribution in [3.05, 3.63) is 27.3 Å². The van der Waals surface area contributed by atoms with E-state index in [1.165, 1.54) is 11.8 Å². The molecule has 2 aromatic rings. The molecule has 0 bridgehead atoms. The molecule has 0 fully saturated rings. The van der Waals surface area contributed by atoms with E-state index < -0.39 is 5.97 Å². The van der Waals surface area contributed by atoms with E-state index in [2.05, 4.69) is 30.3 Å². The Morgan fingerprint density at radius 1 is 1.30 bits per heavy atom. The van der Waals surface area contributed by atoms with Crippen LogP contribution < -0.4 is 5.56 Å². The number of aromatic amines is 2. The lowest BCUT2D eigenvalue weighted by atomic mass is 10.2. The molecule has 0 aliphatic heterocycles. The van der Waals surface area contributed by atoms with Gasteiger partial charge in [-0.2, -0.15) is 5.10 Å². The average Bonchev–Trinajstić information content (AvgIpc) is 2.87. The minimum absolute atomic E-state index is 0.152. The first-order valence-corrected chi connectivity index (χ1v) is 5.76. The van der Waals surface area contributed by atoms with Crippen LogP contribution >= 0.6 is 0 Å². The third-order valence-corrected chi connectivity index (χ3v) is 2.76. The number of methoxy groups -OCH3 is 1. The van der Waals surface area contributed by atoms with E-state index in [0.29, 0.717) is 11.4 Å². The van der Waals surface area contributed by atoms with Gasteiger partial charge in [0.1, 0.15) is 5.56 Å². The molecule has 2 N–H and O–H groups in total. The maximum atomic E-state index is 11.7. The van der Waals surface area contributed by atoms with Gasteiger partial charge in [-0.05, 0) is 13.8 Å². The summed E-state index contributed by atoms with van der Waals surface area (Å²) in [6.45, 7) is 3.35. The van der Waals surface area contributed by atoms with E-state index in [1.54, 1.807) is 20.9 Å². The van der Waals surface area contributed by atoms with Crippen molar-refractivity contribution in [3.63, 3.8) is 0 Å². The first kappa shape index (κ1) is 13.7. The van der Waals surface area contributed by atoms with Gasteiger partial charge < -0.3 is 9.84 Å². The second-order valence-corrected chi connectivity index (χ2v) is 4.15. The molecule has 2 heterocycles. The van der Waals surface area contributed by atoms with Crippen LogP contribution in [0.5, 0.6) is 0 Å². The van der Waals surface area contributed by atoms with Gasteiger partial charge in [0.25, 0.3) is 5.56 Å². The normalized spacial score (nSPS) is 11.2. The van der Waals surface area contributed by atoms with Gasteiger partial charge in [0.15, 0.2) is 11.5 Å². The molecule has 0 amide bonds. The number of nitrogens with one attached hydrogen (secondary N) is 2. The quantitative estimate of drug-likeness (QED) is 0.649. The summed E-state index contributed by atoms with van der Waals surface area (Å²) in [7, 11) is 2.90. The van der Waals surface area contributed by atoms with Gasteiger partial charge in [-0.25, -0.2) is 9.48 Å². The summed E-state index contributed by atoms with van der Waals surface area (Å²) in [5.41, 5.74) is 1.03. The molecule has 20 heavy (non-hydrogen) atoms. The number of esters is 1. The molecule has 9 nitrogen and oxygen atoms in total. The minimum atomic E-state index is -0.552. The maximum Gasteiger partial charge on any atom is 0.343 e. The lowest BCUT2D eigenvalue weighted by Crippen LogP contribution is -2.02. The molecule has 0 saturated carbocycles. The monoisotopic (exact) mass is 278 g/mol. The third-order valence-electron chi connectivity index (χ3n) is 2.76.